The van der Waals surface area contributed by atoms with Gasteiger partial charge in [-0.2, -0.15) is 0 Å². The number of thiazole rings is 1. The van der Waals surface area contributed by atoms with Gasteiger partial charge in [0.1, 0.15) is 4.88 Å². The summed E-state index contributed by atoms with van der Waals surface area (Å²) in [6, 6.07) is 0.164. The van der Waals surface area contributed by atoms with E-state index in [9.17, 15) is 4.79 Å². The predicted octanol–water partition coefficient (Wildman–Crippen LogP) is 2.59. The highest BCUT2D eigenvalue weighted by Gasteiger charge is 2.13. The lowest BCUT2D eigenvalue weighted by atomic mass is 10.2. The van der Waals surface area contributed by atoms with Gasteiger partial charge in [0.05, 0.1) is 11.2 Å². The van der Waals surface area contributed by atoms with Crippen LogP contribution < -0.4 is 5.32 Å². The largest absolute Gasteiger partial charge is 0.349 e. The third-order valence-electron chi connectivity index (χ3n) is 2.13. The maximum atomic E-state index is 11.7. The average molecular weight is 247 g/mol. The third-order valence-corrected chi connectivity index (χ3v) is 3.26. The Balaban J connectivity index is 2.54. The van der Waals surface area contributed by atoms with Crippen molar-refractivity contribution >= 4 is 28.8 Å². The van der Waals surface area contributed by atoms with Crippen LogP contribution in [0.2, 0.25) is 0 Å². The molecule has 3 nitrogen and oxygen atoms in total. The van der Waals surface area contributed by atoms with Gasteiger partial charge >= 0.3 is 0 Å². The van der Waals surface area contributed by atoms with Crippen molar-refractivity contribution in [2.24, 2.45) is 0 Å². The Hall–Kier alpha value is -0.610. The molecule has 1 heterocycles. The molecule has 0 fully saturated rings. The Morgan fingerprint density at radius 3 is 2.93 bits per heavy atom. The van der Waals surface area contributed by atoms with E-state index in [2.05, 4.69) is 10.3 Å². The van der Waals surface area contributed by atoms with E-state index in [1.165, 1.54) is 11.3 Å². The second-order valence-corrected chi connectivity index (χ2v) is 4.91. The van der Waals surface area contributed by atoms with Crippen molar-refractivity contribution in [1.82, 2.24) is 10.3 Å². The van der Waals surface area contributed by atoms with Crippen molar-refractivity contribution in [1.29, 1.82) is 0 Å². The van der Waals surface area contributed by atoms with E-state index in [-0.39, 0.29) is 11.9 Å². The van der Waals surface area contributed by atoms with Crippen molar-refractivity contribution in [2.75, 3.05) is 5.88 Å². The summed E-state index contributed by atoms with van der Waals surface area (Å²) in [5, 5.41) is 3.85. The predicted molar refractivity (Wildman–Crippen MR) is 63.7 cm³/mol. The number of carbonyl (C=O) groups excluding carboxylic acids is 1. The minimum Gasteiger partial charge on any atom is -0.349 e. The molecule has 1 atom stereocenters. The van der Waals surface area contributed by atoms with Crippen LogP contribution in [0.1, 0.15) is 34.4 Å². The van der Waals surface area contributed by atoms with Gasteiger partial charge in [-0.15, -0.1) is 22.9 Å². The molecular formula is C10H15ClN2OS. The van der Waals surface area contributed by atoms with Crippen LogP contribution in [0.5, 0.6) is 0 Å². The number of nitrogens with zero attached hydrogens (tertiary/aromatic N) is 1. The summed E-state index contributed by atoms with van der Waals surface area (Å²) in [4.78, 5) is 16.4. The van der Waals surface area contributed by atoms with Gasteiger partial charge in [-0.25, -0.2) is 4.98 Å². The van der Waals surface area contributed by atoms with Gasteiger partial charge in [-0.3, -0.25) is 4.79 Å². The van der Waals surface area contributed by atoms with Crippen LogP contribution >= 0.6 is 22.9 Å². The number of aromatic nitrogens is 1. The molecule has 0 aliphatic heterocycles. The van der Waals surface area contributed by atoms with Crippen molar-refractivity contribution in [2.45, 2.75) is 32.7 Å². The van der Waals surface area contributed by atoms with E-state index in [0.717, 1.165) is 17.8 Å². The summed E-state index contributed by atoms with van der Waals surface area (Å²) in [7, 11) is 0. The molecule has 0 aliphatic rings. The lowest BCUT2D eigenvalue weighted by molar-refractivity contribution is 0.0939. The standard InChI is InChI=1S/C10H15ClN2OS/c1-3-8(4-5-11)13-10(14)9-6-12-7(2)15-9/h6,8H,3-5H2,1-2H3,(H,13,14). The van der Waals surface area contributed by atoms with E-state index in [4.69, 9.17) is 11.6 Å². The molecule has 15 heavy (non-hydrogen) atoms. The van der Waals surface area contributed by atoms with Crippen molar-refractivity contribution < 1.29 is 4.79 Å². The second-order valence-electron chi connectivity index (χ2n) is 3.30. The molecule has 1 rings (SSSR count). The van der Waals surface area contributed by atoms with Crippen LogP contribution in [-0.4, -0.2) is 22.8 Å². The zero-order valence-corrected chi connectivity index (χ0v) is 10.5. The molecule has 1 N–H and O–H groups in total. The topological polar surface area (TPSA) is 42.0 Å². The van der Waals surface area contributed by atoms with Crippen LogP contribution in [0, 0.1) is 6.92 Å². The smallest absolute Gasteiger partial charge is 0.263 e. The van der Waals surface area contributed by atoms with Crippen LogP contribution in [0.3, 0.4) is 0 Å². The molecule has 0 radical (unpaired) electrons. The van der Waals surface area contributed by atoms with Gasteiger partial charge in [-0.05, 0) is 19.8 Å². The zero-order valence-electron chi connectivity index (χ0n) is 8.92. The number of rotatable bonds is 5. The van der Waals surface area contributed by atoms with E-state index in [0.29, 0.717) is 10.8 Å². The fourth-order valence-electron chi connectivity index (χ4n) is 1.23. The molecule has 0 aliphatic carbocycles. The Morgan fingerprint density at radius 2 is 2.47 bits per heavy atom. The highest BCUT2D eigenvalue weighted by molar-refractivity contribution is 7.13. The minimum absolute atomic E-state index is 0.0439. The monoisotopic (exact) mass is 246 g/mol. The highest BCUT2D eigenvalue weighted by atomic mass is 35.5. The normalized spacial score (nSPS) is 12.5. The second kappa shape index (κ2) is 6.08. The Kier molecular flexibility index (Phi) is 5.05. The Labute approximate surface area is 98.9 Å². The maximum absolute atomic E-state index is 11.7. The van der Waals surface area contributed by atoms with E-state index in [1.807, 2.05) is 13.8 Å². The molecule has 0 bridgehead atoms. The summed E-state index contributed by atoms with van der Waals surface area (Å²) < 4.78 is 0. The van der Waals surface area contributed by atoms with Gasteiger partial charge in [0.15, 0.2) is 0 Å². The fourth-order valence-corrected chi connectivity index (χ4v) is 2.18. The number of hydrogen-bond donors (Lipinski definition) is 1. The van der Waals surface area contributed by atoms with Gasteiger partial charge in [0.25, 0.3) is 5.91 Å². The van der Waals surface area contributed by atoms with Crippen LogP contribution in [0.4, 0.5) is 0 Å². The summed E-state index contributed by atoms with van der Waals surface area (Å²) in [5.74, 6) is 0.526. The zero-order chi connectivity index (χ0) is 11.3. The number of hydrogen-bond acceptors (Lipinski definition) is 3. The number of nitrogens with one attached hydrogen (secondary N) is 1. The average Bonchev–Trinajstić information content (AvgIpc) is 2.64. The van der Waals surface area contributed by atoms with Crippen LogP contribution in [0.25, 0.3) is 0 Å². The number of carbonyl (C=O) groups is 1. The Bertz CT molecular complexity index is 327. The third kappa shape index (κ3) is 3.80. The van der Waals surface area contributed by atoms with Gasteiger partial charge in [0, 0.05) is 11.9 Å². The summed E-state index contributed by atoms with van der Waals surface area (Å²) in [5.41, 5.74) is 0. The molecule has 1 amide bonds. The molecule has 84 valence electrons. The van der Waals surface area contributed by atoms with Crippen molar-refractivity contribution in [3.05, 3.63) is 16.1 Å². The molecule has 0 aromatic carbocycles. The molecule has 1 unspecified atom stereocenters. The lowest BCUT2D eigenvalue weighted by Crippen LogP contribution is -2.34. The molecule has 1 aromatic heterocycles. The molecule has 0 spiro atoms. The first-order valence-electron chi connectivity index (χ1n) is 4.96. The number of halogens is 1. The van der Waals surface area contributed by atoms with Crippen molar-refractivity contribution in [3.8, 4) is 0 Å². The molecule has 1 aromatic rings. The van der Waals surface area contributed by atoms with Gasteiger partial charge in [-0.1, -0.05) is 6.92 Å². The van der Waals surface area contributed by atoms with Crippen LogP contribution in [0.15, 0.2) is 6.20 Å². The van der Waals surface area contributed by atoms with E-state index in [1.54, 1.807) is 6.20 Å². The summed E-state index contributed by atoms with van der Waals surface area (Å²) in [6.45, 7) is 3.92. The minimum atomic E-state index is -0.0439. The molecular weight excluding hydrogens is 232 g/mol. The van der Waals surface area contributed by atoms with Gasteiger partial charge in [0.2, 0.25) is 0 Å². The van der Waals surface area contributed by atoms with Crippen LogP contribution in [-0.2, 0) is 0 Å². The molecule has 0 saturated carbocycles. The molecule has 5 heteroatoms. The first kappa shape index (κ1) is 12.5. The van der Waals surface area contributed by atoms with E-state index >= 15 is 0 Å². The first-order chi connectivity index (χ1) is 7.17. The highest BCUT2D eigenvalue weighted by Crippen LogP contribution is 2.12. The van der Waals surface area contributed by atoms with Crippen molar-refractivity contribution in [3.63, 3.8) is 0 Å². The SMILES string of the molecule is CCC(CCCl)NC(=O)c1cnc(C)s1. The van der Waals surface area contributed by atoms with Gasteiger partial charge < -0.3 is 5.32 Å². The lowest BCUT2D eigenvalue weighted by Gasteiger charge is -2.14. The first-order valence-corrected chi connectivity index (χ1v) is 6.31. The quantitative estimate of drug-likeness (QED) is 0.812. The number of amides is 1. The summed E-state index contributed by atoms with van der Waals surface area (Å²) >= 11 is 7.06. The Morgan fingerprint density at radius 1 is 1.73 bits per heavy atom. The summed E-state index contributed by atoms with van der Waals surface area (Å²) in [6.07, 6.45) is 3.32. The fraction of sp³-hybridized carbons (Fsp3) is 0.600. The number of aryl methyl sites for hydroxylation is 1. The van der Waals surface area contributed by atoms with E-state index < -0.39 is 0 Å². The molecule has 0 saturated heterocycles. The number of alkyl halides is 1. The maximum Gasteiger partial charge on any atom is 0.263 e.